The van der Waals surface area contributed by atoms with E-state index in [1.165, 1.54) is 0 Å². The molecular formula is C21H24ClN3O2. The maximum Gasteiger partial charge on any atom is 0.317 e. The first-order valence-corrected chi connectivity index (χ1v) is 9.54. The van der Waals surface area contributed by atoms with Gasteiger partial charge in [0.05, 0.1) is 0 Å². The summed E-state index contributed by atoms with van der Waals surface area (Å²) in [6.07, 6.45) is 0.766. The van der Waals surface area contributed by atoms with Crippen molar-refractivity contribution in [2.75, 3.05) is 26.2 Å². The van der Waals surface area contributed by atoms with Crippen molar-refractivity contribution in [1.29, 1.82) is 0 Å². The zero-order valence-corrected chi connectivity index (χ0v) is 16.2. The lowest BCUT2D eigenvalue weighted by atomic mass is 10.1. The van der Waals surface area contributed by atoms with E-state index in [0.29, 0.717) is 43.3 Å². The Morgan fingerprint density at radius 3 is 2.44 bits per heavy atom. The predicted molar refractivity (Wildman–Crippen MR) is 107 cm³/mol. The second-order valence-electron chi connectivity index (χ2n) is 6.79. The number of rotatable bonds is 3. The highest BCUT2D eigenvalue weighted by atomic mass is 35.5. The molecule has 0 bridgehead atoms. The Morgan fingerprint density at radius 2 is 1.70 bits per heavy atom. The smallest absolute Gasteiger partial charge is 0.317 e. The van der Waals surface area contributed by atoms with Crippen molar-refractivity contribution >= 4 is 23.5 Å². The van der Waals surface area contributed by atoms with Crippen LogP contribution in [0.25, 0.3) is 0 Å². The van der Waals surface area contributed by atoms with E-state index in [4.69, 9.17) is 11.6 Å². The van der Waals surface area contributed by atoms with Gasteiger partial charge in [0, 0.05) is 43.3 Å². The number of amides is 3. The summed E-state index contributed by atoms with van der Waals surface area (Å²) in [7, 11) is 0. The molecule has 0 spiro atoms. The predicted octanol–water partition coefficient (Wildman–Crippen LogP) is 3.71. The third-order valence-corrected chi connectivity index (χ3v) is 4.94. The van der Waals surface area contributed by atoms with Crippen molar-refractivity contribution in [2.24, 2.45) is 0 Å². The fourth-order valence-electron chi connectivity index (χ4n) is 3.14. The van der Waals surface area contributed by atoms with Gasteiger partial charge in [-0.1, -0.05) is 41.4 Å². The molecule has 142 valence electrons. The van der Waals surface area contributed by atoms with Crippen molar-refractivity contribution in [2.45, 2.75) is 19.9 Å². The summed E-state index contributed by atoms with van der Waals surface area (Å²) in [6.45, 7) is 4.79. The van der Waals surface area contributed by atoms with Crippen LogP contribution in [0.1, 0.15) is 27.9 Å². The topological polar surface area (TPSA) is 52.7 Å². The SMILES string of the molecule is Cc1ccc(C(=O)N2CCCN(C(=O)NCc3cccc(Cl)c3)CC2)cc1. The minimum Gasteiger partial charge on any atom is -0.337 e. The van der Waals surface area contributed by atoms with Gasteiger partial charge in [-0.05, 0) is 43.2 Å². The van der Waals surface area contributed by atoms with Gasteiger partial charge in [0.2, 0.25) is 0 Å². The second kappa shape index (κ2) is 8.91. The van der Waals surface area contributed by atoms with Gasteiger partial charge in [-0.25, -0.2) is 4.79 Å². The van der Waals surface area contributed by atoms with Crippen LogP contribution in [-0.2, 0) is 6.54 Å². The lowest BCUT2D eigenvalue weighted by Gasteiger charge is -2.22. The largest absolute Gasteiger partial charge is 0.337 e. The molecule has 1 N–H and O–H groups in total. The molecule has 2 aromatic carbocycles. The summed E-state index contributed by atoms with van der Waals surface area (Å²) in [4.78, 5) is 28.7. The molecule has 0 saturated carbocycles. The third-order valence-electron chi connectivity index (χ3n) is 4.70. The van der Waals surface area contributed by atoms with Gasteiger partial charge in [-0.2, -0.15) is 0 Å². The molecule has 5 nitrogen and oxygen atoms in total. The van der Waals surface area contributed by atoms with Crippen LogP contribution in [0.2, 0.25) is 5.02 Å². The van der Waals surface area contributed by atoms with Gasteiger partial charge in [0.1, 0.15) is 0 Å². The molecule has 0 atom stereocenters. The molecule has 0 radical (unpaired) electrons. The summed E-state index contributed by atoms with van der Waals surface area (Å²) in [6, 6.07) is 14.9. The van der Waals surface area contributed by atoms with Crippen molar-refractivity contribution < 1.29 is 9.59 Å². The maximum absolute atomic E-state index is 12.7. The number of halogens is 1. The average molecular weight is 386 g/mol. The number of aryl methyl sites for hydroxylation is 1. The molecule has 0 unspecified atom stereocenters. The second-order valence-corrected chi connectivity index (χ2v) is 7.22. The van der Waals surface area contributed by atoms with Crippen molar-refractivity contribution in [3.63, 3.8) is 0 Å². The highest BCUT2D eigenvalue weighted by Gasteiger charge is 2.22. The monoisotopic (exact) mass is 385 g/mol. The Kier molecular flexibility index (Phi) is 6.35. The van der Waals surface area contributed by atoms with E-state index in [9.17, 15) is 9.59 Å². The van der Waals surface area contributed by atoms with E-state index in [-0.39, 0.29) is 11.9 Å². The molecule has 1 fully saturated rings. The van der Waals surface area contributed by atoms with E-state index in [1.807, 2.05) is 54.3 Å². The molecule has 3 amide bonds. The van der Waals surface area contributed by atoms with Crippen LogP contribution in [0, 0.1) is 6.92 Å². The van der Waals surface area contributed by atoms with Gasteiger partial charge in [-0.15, -0.1) is 0 Å². The zero-order valence-electron chi connectivity index (χ0n) is 15.5. The van der Waals surface area contributed by atoms with E-state index >= 15 is 0 Å². The third kappa shape index (κ3) is 5.23. The standard InChI is InChI=1S/C21H24ClN3O2/c1-16-6-8-18(9-7-16)20(26)24-10-3-11-25(13-12-24)21(27)23-15-17-4-2-5-19(22)14-17/h2,4-9,14H,3,10-13,15H2,1H3,(H,23,27). The van der Waals surface area contributed by atoms with Crippen LogP contribution < -0.4 is 5.32 Å². The van der Waals surface area contributed by atoms with Gasteiger partial charge >= 0.3 is 6.03 Å². The number of hydrogen-bond donors (Lipinski definition) is 1. The van der Waals surface area contributed by atoms with E-state index in [0.717, 1.165) is 17.5 Å². The van der Waals surface area contributed by atoms with Crippen LogP contribution in [0.5, 0.6) is 0 Å². The molecule has 3 rings (SSSR count). The van der Waals surface area contributed by atoms with Gasteiger partial charge in [-0.3, -0.25) is 4.79 Å². The van der Waals surface area contributed by atoms with E-state index < -0.39 is 0 Å². The molecule has 1 aliphatic heterocycles. The number of nitrogens with one attached hydrogen (secondary N) is 1. The summed E-state index contributed by atoms with van der Waals surface area (Å²) >= 11 is 5.97. The number of carbonyl (C=O) groups is 2. The van der Waals surface area contributed by atoms with Gasteiger partial charge in [0.25, 0.3) is 5.91 Å². The van der Waals surface area contributed by atoms with Crippen molar-refractivity contribution in [3.8, 4) is 0 Å². The van der Waals surface area contributed by atoms with E-state index in [2.05, 4.69) is 5.32 Å². The molecule has 27 heavy (non-hydrogen) atoms. The minimum atomic E-state index is -0.111. The Bertz CT molecular complexity index is 807. The Balaban J connectivity index is 1.53. The highest BCUT2D eigenvalue weighted by molar-refractivity contribution is 6.30. The number of hydrogen-bond acceptors (Lipinski definition) is 2. The lowest BCUT2D eigenvalue weighted by Crippen LogP contribution is -2.42. The number of carbonyl (C=O) groups excluding carboxylic acids is 2. The van der Waals surface area contributed by atoms with Crippen LogP contribution in [0.4, 0.5) is 4.79 Å². The highest BCUT2D eigenvalue weighted by Crippen LogP contribution is 2.12. The minimum absolute atomic E-state index is 0.0242. The Morgan fingerprint density at radius 1 is 1.00 bits per heavy atom. The first kappa shape index (κ1) is 19.2. The van der Waals surface area contributed by atoms with Gasteiger partial charge in [0.15, 0.2) is 0 Å². The molecule has 1 heterocycles. The van der Waals surface area contributed by atoms with Crippen molar-refractivity contribution in [3.05, 3.63) is 70.2 Å². The first-order valence-electron chi connectivity index (χ1n) is 9.16. The van der Waals surface area contributed by atoms with Crippen LogP contribution in [0.3, 0.4) is 0 Å². The zero-order chi connectivity index (χ0) is 19.2. The van der Waals surface area contributed by atoms with Crippen LogP contribution in [-0.4, -0.2) is 47.9 Å². The maximum atomic E-state index is 12.7. The molecule has 1 aliphatic rings. The fourth-order valence-corrected chi connectivity index (χ4v) is 3.35. The number of urea groups is 1. The summed E-state index contributed by atoms with van der Waals surface area (Å²) in [5, 5.41) is 3.58. The van der Waals surface area contributed by atoms with Crippen LogP contribution in [0.15, 0.2) is 48.5 Å². The molecule has 2 aromatic rings. The molecule has 0 aliphatic carbocycles. The Hall–Kier alpha value is -2.53. The fraction of sp³-hybridized carbons (Fsp3) is 0.333. The first-order chi connectivity index (χ1) is 13.0. The summed E-state index contributed by atoms with van der Waals surface area (Å²) < 4.78 is 0. The summed E-state index contributed by atoms with van der Waals surface area (Å²) in [5.41, 5.74) is 2.78. The summed E-state index contributed by atoms with van der Waals surface area (Å²) in [5.74, 6) is 0.0242. The quantitative estimate of drug-likeness (QED) is 0.875. The number of nitrogens with zero attached hydrogens (tertiary/aromatic N) is 2. The van der Waals surface area contributed by atoms with Gasteiger partial charge < -0.3 is 15.1 Å². The average Bonchev–Trinajstić information content (AvgIpc) is 2.92. The number of benzene rings is 2. The van der Waals surface area contributed by atoms with Crippen LogP contribution >= 0.6 is 11.6 Å². The normalized spacial score (nSPS) is 14.6. The molecule has 6 heteroatoms. The van der Waals surface area contributed by atoms with E-state index in [1.54, 1.807) is 11.0 Å². The molecule has 1 saturated heterocycles. The van der Waals surface area contributed by atoms with Crippen molar-refractivity contribution in [1.82, 2.24) is 15.1 Å². The Labute approximate surface area is 164 Å². The lowest BCUT2D eigenvalue weighted by molar-refractivity contribution is 0.0762. The molecular weight excluding hydrogens is 362 g/mol. The molecule has 0 aromatic heterocycles.